The van der Waals surface area contributed by atoms with Gasteiger partial charge in [-0.15, -0.1) is 0 Å². The molecule has 0 aliphatic carbocycles. The second-order valence-electron chi connectivity index (χ2n) is 8.23. The van der Waals surface area contributed by atoms with Crippen LogP contribution >= 0.6 is 27.5 Å². The first-order chi connectivity index (χ1) is 17.4. The molecule has 1 atom stereocenters. The molecule has 1 aliphatic rings. The van der Waals surface area contributed by atoms with E-state index in [1.807, 2.05) is 57.2 Å². The van der Waals surface area contributed by atoms with Crippen molar-refractivity contribution in [1.82, 2.24) is 14.8 Å². The topological polar surface area (TPSA) is 87.5 Å². The molecule has 1 aliphatic heterocycles. The van der Waals surface area contributed by atoms with Crippen LogP contribution in [0.15, 0.2) is 58.5 Å². The lowest BCUT2D eigenvalue weighted by Crippen LogP contribution is -2.30. The van der Waals surface area contributed by atoms with Crippen molar-refractivity contribution >= 4 is 39.4 Å². The number of hydrogen-bond acceptors (Lipinski definition) is 7. The Morgan fingerprint density at radius 1 is 1.22 bits per heavy atom. The number of benzene rings is 2. The number of anilines is 1. The summed E-state index contributed by atoms with van der Waals surface area (Å²) in [6.45, 7) is 6.84. The second-order valence-corrected chi connectivity index (χ2v) is 9.49. The zero-order chi connectivity index (χ0) is 25.7. The molecule has 0 bridgehead atoms. The van der Waals surface area contributed by atoms with Gasteiger partial charge in [0.1, 0.15) is 19.0 Å². The molecule has 0 fully saturated rings. The van der Waals surface area contributed by atoms with Crippen LogP contribution in [-0.4, -0.2) is 33.9 Å². The SMILES string of the molecule is CCCCOC(=O)C1=C(C)Nc2ncnn2C1c1cc(Br)c(OCc2ccccc2Cl)c(OCC)c1. The van der Waals surface area contributed by atoms with E-state index in [4.69, 9.17) is 25.8 Å². The van der Waals surface area contributed by atoms with E-state index in [9.17, 15) is 4.79 Å². The summed E-state index contributed by atoms with van der Waals surface area (Å²) in [6.07, 6.45) is 3.18. The number of nitrogens with one attached hydrogen (secondary N) is 1. The Bertz CT molecular complexity index is 1280. The second kappa shape index (κ2) is 11.8. The first-order valence-corrected chi connectivity index (χ1v) is 13.0. The molecule has 36 heavy (non-hydrogen) atoms. The van der Waals surface area contributed by atoms with Gasteiger partial charge in [0.05, 0.1) is 23.3 Å². The van der Waals surface area contributed by atoms with E-state index >= 15 is 0 Å². The van der Waals surface area contributed by atoms with Gasteiger partial charge >= 0.3 is 5.97 Å². The Hall–Kier alpha value is -3.04. The lowest BCUT2D eigenvalue weighted by Gasteiger charge is -2.29. The Kier molecular flexibility index (Phi) is 8.53. The lowest BCUT2D eigenvalue weighted by molar-refractivity contribution is -0.139. The van der Waals surface area contributed by atoms with Crippen molar-refractivity contribution in [2.45, 2.75) is 46.3 Å². The minimum Gasteiger partial charge on any atom is -0.490 e. The fourth-order valence-corrected chi connectivity index (χ4v) is 4.73. The van der Waals surface area contributed by atoms with Crippen molar-refractivity contribution in [2.75, 3.05) is 18.5 Å². The number of carbonyl (C=O) groups is 1. The van der Waals surface area contributed by atoms with Crippen LogP contribution in [0.1, 0.15) is 50.8 Å². The third kappa shape index (κ3) is 5.52. The highest BCUT2D eigenvalue weighted by atomic mass is 79.9. The van der Waals surface area contributed by atoms with Gasteiger partial charge in [0, 0.05) is 16.3 Å². The summed E-state index contributed by atoms with van der Waals surface area (Å²) < 4.78 is 20.0. The van der Waals surface area contributed by atoms with E-state index in [0.29, 0.717) is 51.4 Å². The van der Waals surface area contributed by atoms with Gasteiger partial charge in [-0.2, -0.15) is 10.1 Å². The predicted octanol–water partition coefficient (Wildman–Crippen LogP) is 6.30. The lowest BCUT2D eigenvalue weighted by atomic mass is 9.95. The molecule has 1 aromatic heterocycles. The van der Waals surface area contributed by atoms with Crippen LogP contribution in [0.3, 0.4) is 0 Å². The molecule has 2 heterocycles. The van der Waals surface area contributed by atoms with E-state index < -0.39 is 12.0 Å². The maximum atomic E-state index is 13.2. The van der Waals surface area contributed by atoms with Crippen LogP contribution in [0, 0.1) is 0 Å². The van der Waals surface area contributed by atoms with E-state index in [2.05, 4.69) is 31.3 Å². The molecular weight excluding hydrogens is 548 g/mol. The van der Waals surface area contributed by atoms with E-state index in [0.717, 1.165) is 24.0 Å². The molecule has 0 radical (unpaired) electrons. The standard InChI is InChI=1S/C26H28BrClN4O4/c1-4-6-11-35-25(33)22-16(3)31-26-29-15-30-32(26)23(22)18-12-19(27)24(21(13-18)34-5-2)36-14-17-9-7-8-10-20(17)28/h7-10,12-13,15,23H,4-6,11,14H2,1-3H3,(H,29,30,31). The fraction of sp³-hybridized carbons (Fsp3) is 0.346. The van der Waals surface area contributed by atoms with Crippen LogP contribution in [0.5, 0.6) is 11.5 Å². The van der Waals surface area contributed by atoms with Crippen molar-refractivity contribution in [3.63, 3.8) is 0 Å². The van der Waals surface area contributed by atoms with Crippen molar-refractivity contribution in [2.24, 2.45) is 0 Å². The zero-order valence-corrected chi connectivity index (χ0v) is 22.7. The summed E-state index contributed by atoms with van der Waals surface area (Å²) in [5, 5.41) is 8.18. The maximum Gasteiger partial charge on any atom is 0.338 e. The highest BCUT2D eigenvalue weighted by Gasteiger charge is 2.35. The number of allylic oxidation sites excluding steroid dienone is 1. The Labute approximate surface area is 223 Å². The largest absolute Gasteiger partial charge is 0.490 e. The van der Waals surface area contributed by atoms with Gasteiger partial charge in [-0.25, -0.2) is 9.48 Å². The molecule has 3 aromatic rings. The molecule has 1 N–H and O–H groups in total. The monoisotopic (exact) mass is 574 g/mol. The summed E-state index contributed by atoms with van der Waals surface area (Å²) in [5.74, 6) is 1.22. The Morgan fingerprint density at radius 3 is 2.78 bits per heavy atom. The van der Waals surface area contributed by atoms with Crippen molar-refractivity contribution < 1.29 is 19.0 Å². The molecule has 190 valence electrons. The number of rotatable bonds is 10. The van der Waals surface area contributed by atoms with E-state index in [-0.39, 0.29) is 6.61 Å². The quantitative estimate of drug-likeness (QED) is 0.224. The van der Waals surface area contributed by atoms with Crippen LogP contribution in [0.2, 0.25) is 5.02 Å². The van der Waals surface area contributed by atoms with Gasteiger partial charge in [0.15, 0.2) is 11.5 Å². The number of esters is 1. The number of unbranched alkanes of at least 4 members (excludes halogenated alkanes) is 1. The van der Waals surface area contributed by atoms with Crippen LogP contribution in [0.25, 0.3) is 0 Å². The number of aromatic nitrogens is 3. The normalized spacial score (nSPS) is 14.8. The minimum absolute atomic E-state index is 0.270. The van der Waals surface area contributed by atoms with Crippen molar-refractivity contribution in [3.8, 4) is 11.5 Å². The zero-order valence-electron chi connectivity index (χ0n) is 20.4. The number of halogens is 2. The van der Waals surface area contributed by atoms with Crippen LogP contribution < -0.4 is 14.8 Å². The summed E-state index contributed by atoms with van der Waals surface area (Å²) >= 11 is 9.96. The number of carbonyl (C=O) groups excluding carboxylic acids is 1. The number of ether oxygens (including phenoxy) is 3. The van der Waals surface area contributed by atoms with Gasteiger partial charge in [-0.3, -0.25) is 0 Å². The molecule has 2 aromatic carbocycles. The first-order valence-electron chi connectivity index (χ1n) is 11.8. The average Bonchev–Trinajstić information content (AvgIpc) is 3.31. The fourth-order valence-electron chi connectivity index (χ4n) is 3.96. The molecular formula is C26H28BrClN4O4. The number of fused-ring (bicyclic) bond motifs is 1. The van der Waals surface area contributed by atoms with Crippen LogP contribution in [0.4, 0.5) is 5.95 Å². The predicted molar refractivity (Wildman–Crippen MR) is 141 cm³/mol. The molecule has 0 spiro atoms. The van der Waals surface area contributed by atoms with Gasteiger partial charge < -0.3 is 19.5 Å². The van der Waals surface area contributed by atoms with Crippen LogP contribution in [-0.2, 0) is 16.1 Å². The smallest absolute Gasteiger partial charge is 0.338 e. The summed E-state index contributed by atoms with van der Waals surface area (Å²) in [7, 11) is 0. The van der Waals surface area contributed by atoms with Gasteiger partial charge in [-0.1, -0.05) is 43.1 Å². The molecule has 10 heteroatoms. The third-order valence-electron chi connectivity index (χ3n) is 5.72. The highest BCUT2D eigenvalue weighted by molar-refractivity contribution is 9.10. The molecule has 0 amide bonds. The maximum absolute atomic E-state index is 13.2. The Balaban J connectivity index is 1.73. The van der Waals surface area contributed by atoms with E-state index in [1.165, 1.54) is 6.33 Å². The molecule has 1 unspecified atom stereocenters. The van der Waals surface area contributed by atoms with E-state index in [1.54, 1.807) is 4.68 Å². The highest BCUT2D eigenvalue weighted by Crippen LogP contribution is 2.43. The first kappa shape index (κ1) is 26.0. The molecule has 0 saturated carbocycles. The third-order valence-corrected chi connectivity index (χ3v) is 6.68. The molecule has 0 saturated heterocycles. The van der Waals surface area contributed by atoms with Gasteiger partial charge in [0.25, 0.3) is 0 Å². The van der Waals surface area contributed by atoms with Crippen molar-refractivity contribution in [1.29, 1.82) is 0 Å². The number of nitrogens with zero attached hydrogens (tertiary/aromatic N) is 3. The van der Waals surface area contributed by atoms with Gasteiger partial charge in [-0.05, 0) is 60.0 Å². The number of hydrogen-bond donors (Lipinski definition) is 1. The summed E-state index contributed by atoms with van der Waals surface area (Å²) in [5.41, 5.74) is 2.75. The minimum atomic E-state index is -0.564. The summed E-state index contributed by atoms with van der Waals surface area (Å²) in [4.78, 5) is 17.5. The molecule has 8 nitrogen and oxygen atoms in total. The average molecular weight is 576 g/mol. The Morgan fingerprint density at radius 2 is 2.03 bits per heavy atom. The summed E-state index contributed by atoms with van der Waals surface area (Å²) in [6, 6.07) is 10.7. The molecule has 4 rings (SSSR count). The van der Waals surface area contributed by atoms with Crippen molar-refractivity contribution in [3.05, 3.63) is 74.6 Å². The van der Waals surface area contributed by atoms with Gasteiger partial charge in [0.2, 0.25) is 5.95 Å².